The molecule has 0 unspecified atom stereocenters. The quantitative estimate of drug-likeness (QED) is 0.113. The zero-order chi connectivity index (χ0) is 54.5. The Balaban J connectivity index is 0.000000186. The van der Waals surface area contributed by atoms with Gasteiger partial charge in [0.2, 0.25) is 0 Å². The molecule has 8 heteroatoms. The summed E-state index contributed by atoms with van der Waals surface area (Å²) in [5, 5.41) is 19.6. The van der Waals surface area contributed by atoms with Gasteiger partial charge in [0.1, 0.15) is 36.3 Å². The average Bonchev–Trinajstić information content (AvgIpc) is 4.19. The second-order valence-electron chi connectivity index (χ2n) is 24.3. The minimum Gasteiger partial charge on any atom is -0.489 e. The highest BCUT2D eigenvalue weighted by atomic mass is 19.1. The van der Waals surface area contributed by atoms with E-state index in [4.69, 9.17) is 9.47 Å². The zero-order valence-electron chi connectivity index (χ0n) is 46.1. The van der Waals surface area contributed by atoms with E-state index in [-0.39, 0.29) is 34.3 Å². The maximum atomic E-state index is 15.0. The van der Waals surface area contributed by atoms with Crippen LogP contribution in [0.3, 0.4) is 0 Å². The third kappa shape index (κ3) is 10.8. The molecular formula is C68H74F2O6. The minimum absolute atomic E-state index is 0.0144. The second kappa shape index (κ2) is 21.0. The molecule has 6 aromatic rings. The Morgan fingerprint density at radius 2 is 0.921 bits per heavy atom. The van der Waals surface area contributed by atoms with Gasteiger partial charge in [-0.2, -0.15) is 0 Å². The molecule has 0 aliphatic heterocycles. The number of hydrogen-bond donors (Lipinski definition) is 2. The van der Waals surface area contributed by atoms with Gasteiger partial charge in [-0.1, -0.05) is 99.5 Å². The lowest BCUT2D eigenvalue weighted by atomic mass is 9.75. The van der Waals surface area contributed by atoms with E-state index in [2.05, 4.69) is 64.1 Å². The van der Waals surface area contributed by atoms with E-state index in [1.54, 1.807) is 24.3 Å². The fourth-order valence-electron chi connectivity index (χ4n) is 12.4. The van der Waals surface area contributed by atoms with Gasteiger partial charge >= 0.3 is 11.9 Å². The van der Waals surface area contributed by atoms with Crippen LogP contribution in [0.1, 0.15) is 161 Å². The van der Waals surface area contributed by atoms with Crippen molar-refractivity contribution in [1.82, 2.24) is 0 Å². The van der Waals surface area contributed by atoms with Gasteiger partial charge in [-0.15, -0.1) is 0 Å². The molecule has 0 saturated carbocycles. The first kappa shape index (κ1) is 54.0. The van der Waals surface area contributed by atoms with Crippen molar-refractivity contribution in [3.63, 3.8) is 0 Å². The van der Waals surface area contributed by atoms with Crippen molar-refractivity contribution < 1.29 is 38.1 Å². The lowest BCUT2D eigenvalue weighted by Gasteiger charge is -2.28. The van der Waals surface area contributed by atoms with Crippen LogP contribution < -0.4 is 9.47 Å². The summed E-state index contributed by atoms with van der Waals surface area (Å²) in [5.41, 5.74) is 14.7. The van der Waals surface area contributed by atoms with E-state index in [0.717, 1.165) is 119 Å². The van der Waals surface area contributed by atoms with E-state index < -0.39 is 22.8 Å². The largest absolute Gasteiger partial charge is 0.489 e. The van der Waals surface area contributed by atoms with Crippen LogP contribution in [0.15, 0.2) is 121 Å². The molecule has 0 heterocycles. The molecule has 4 aliphatic carbocycles. The summed E-state index contributed by atoms with van der Waals surface area (Å²) in [6, 6.07) is 35.1. The van der Waals surface area contributed by atoms with E-state index in [9.17, 15) is 28.6 Å². The molecule has 396 valence electrons. The predicted octanol–water partition coefficient (Wildman–Crippen LogP) is 17.4. The van der Waals surface area contributed by atoms with Gasteiger partial charge in [0.15, 0.2) is 0 Å². The topological polar surface area (TPSA) is 93.1 Å². The van der Waals surface area contributed by atoms with Crippen LogP contribution >= 0.6 is 0 Å². The number of benzene rings is 6. The Morgan fingerprint density at radius 3 is 1.28 bits per heavy atom. The molecule has 2 atom stereocenters. The molecule has 0 aromatic heterocycles. The van der Waals surface area contributed by atoms with Crippen molar-refractivity contribution in [3.8, 4) is 33.8 Å². The molecule has 0 spiro atoms. The molecule has 0 bridgehead atoms. The number of halogens is 2. The highest BCUT2D eigenvalue weighted by Gasteiger charge is 2.43. The van der Waals surface area contributed by atoms with Gasteiger partial charge in [-0.05, 0) is 231 Å². The average molecular weight is 1030 g/mol. The van der Waals surface area contributed by atoms with Crippen molar-refractivity contribution in [3.05, 3.63) is 189 Å². The first-order chi connectivity index (χ1) is 35.9. The van der Waals surface area contributed by atoms with Crippen molar-refractivity contribution >= 4 is 23.1 Å². The lowest BCUT2D eigenvalue weighted by molar-refractivity contribution is -0.149. The number of rotatable bonds is 14. The zero-order valence-corrected chi connectivity index (χ0v) is 46.1. The number of ether oxygens (including phenoxy) is 2. The second-order valence-corrected chi connectivity index (χ2v) is 24.3. The normalized spacial score (nSPS) is 18.3. The third-order valence-electron chi connectivity index (χ3n) is 17.3. The molecule has 0 fully saturated rings. The fraction of sp³-hybridized carbons (Fsp3) is 0.382. The highest BCUT2D eigenvalue weighted by molar-refractivity contribution is 5.86. The number of carboxylic acids is 2. The molecule has 76 heavy (non-hydrogen) atoms. The van der Waals surface area contributed by atoms with E-state index in [1.165, 1.54) is 22.3 Å². The molecule has 0 amide bonds. The maximum Gasteiger partial charge on any atom is 0.309 e. The molecule has 0 saturated heterocycles. The Labute approximate surface area is 448 Å². The summed E-state index contributed by atoms with van der Waals surface area (Å²) in [6.45, 7) is 21.0. The van der Waals surface area contributed by atoms with Crippen LogP contribution in [0.25, 0.3) is 33.4 Å². The van der Waals surface area contributed by atoms with Crippen molar-refractivity contribution in [1.29, 1.82) is 0 Å². The maximum absolute atomic E-state index is 15.0. The molecule has 4 aliphatic rings. The van der Waals surface area contributed by atoms with Crippen LogP contribution in [0.5, 0.6) is 11.5 Å². The monoisotopic (exact) mass is 1020 g/mol. The standard InChI is InChI=1S/2C34H37FO3/c2*1-21-8-15-31(35)28(17-21)25-13-9-22(18-27(25)29-7-6-16-33(29,2)3)20-38-24-12-10-23-11-14-30(26(23)19-24)34(4,5)32(36)37/h2*7-10,12-13,15,17-19,30H,6,11,14,16,20H2,1-5H3,(H,36,37)/t2*30-/m10/s1. The third-order valence-corrected chi connectivity index (χ3v) is 17.3. The number of fused-ring (bicyclic) bond motifs is 2. The van der Waals surface area contributed by atoms with Gasteiger partial charge in [0.25, 0.3) is 0 Å². The SMILES string of the molecule is Cc1ccc(F)c(-c2ccc(COc3ccc4c(c3)[C@@H](C(C)(C)C(=O)O)CC4)cc2C2=CCCC2(C)C)c1.Cc1ccc(F)c(-c2ccc(COc3ccc4c(c3)[C@H](C(C)(C)C(=O)O)CC4)cc2C2=CCCC2(C)C)c1. The number of aryl methyl sites for hydroxylation is 4. The van der Waals surface area contributed by atoms with Gasteiger partial charge in [0.05, 0.1) is 10.8 Å². The smallest absolute Gasteiger partial charge is 0.309 e. The Kier molecular flexibility index (Phi) is 14.9. The summed E-state index contributed by atoms with van der Waals surface area (Å²) in [7, 11) is 0. The Hall–Kier alpha value is -6.80. The molecule has 0 radical (unpaired) electrons. The summed E-state index contributed by atoms with van der Waals surface area (Å²) in [5.74, 6) is -0.564. The van der Waals surface area contributed by atoms with Gasteiger partial charge in [0, 0.05) is 23.0 Å². The van der Waals surface area contributed by atoms with Crippen LogP contribution in [-0.2, 0) is 35.6 Å². The van der Waals surface area contributed by atoms with Crippen molar-refractivity contribution in [2.75, 3.05) is 0 Å². The van der Waals surface area contributed by atoms with E-state index in [1.807, 2.05) is 102 Å². The van der Waals surface area contributed by atoms with Crippen LogP contribution in [0.2, 0.25) is 0 Å². The van der Waals surface area contributed by atoms with E-state index >= 15 is 0 Å². The summed E-state index contributed by atoms with van der Waals surface area (Å²) in [6.07, 6.45) is 12.2. The van der Waals surface area contributed by atoms with Gasteiger partial charge in [-0.3, -0.25) is 9.59 Å². The summed E-state index contributed by atoms with van der Waals surface area (Å²) < 4.78 is 42.5. The van der Waals surface area contributed by atoms with Crippen molar-refractivity contribution in [2.24, 2.45) is 21.7 Å². The minimum atomic E-state index is -0.832. The molecule has 6 aromatic carbocycles. The predicted molar refractivity (Wildman–Crippen MR) is 302 cm³/mol. The number of carboxylic acid groups (broad SMARTS) is 2. The highest BCUT2D eigenvalue weighted by Crippen LogP contribution is 2.51. The van der Waals surface area contributed by atoms with Gasteiger partial charge in [-0.25, -0.2) is 8.78 Å². The van der Waals surface area contributed by atoms with Crippen LogP contribution in [0.4, 0.5) is 8.78 Å². The van der Waals surface area contributed by atoms with Gasteiger partial charge < -0.3 is 19.7 Å². The number of carbonyl (C=O) groups is 2. The first-order valence-electron chi connectivity index (χ1n) is 27.1. The Morgan fingerprint density at radius 1 is 0.526 bits per heavy atom. The van der Waals surface area contributed by atoms with Crippen LogP contribution in [-0.4, -0.2) is 22.2 Å². The molecule has 2 N–H and O–H groups in total. The van der Waals surface area contributed by atoms with E-state index in [0.29, 0.717) is 24.3 Å². The molecule has 6 nitrogen and oxygen atoms in total. The number of aliphatic carboxylic acids is 2. The lowest BCUT2D eigenvalue weighted by Crippen LogP contribution is -2.30. The number of hydrogen-bond acceptors (Lipinski definition) is 4. The molecule has 10 rings (SSSR count). The fourth-order valence-corrected chi connectivity index (χ4v) is 12.4. The summed E-state index contributed by atoms with van der Waals surface area (Å²) >= 11 is 0. The molecular weight excluding hydrogens is 951 g/mol. The number of allylic oxidation sites excluding steroid dienone is 4. The summed E-state index contributed by atoms with van der Waals surface area (Å²) in [4.78, 5) is 23.8. The first-order valence-corrected chi connectivity index (χ1v) is 27.1. The van der Waals surface area contributed by atoms with Crippen LogP contribution in [0, 0.1) is 47.1 Å². The van der Waals surface area contributed by atoms with Crippen molar-refractivity contribution in [2.45, 2.75) is 146 Å². The Bertz CT molecular complexity index is 3080.